The Balaban J connectivity index is 1.78. The third-order valence-corrected chi connectivity index (χ3v) is 18.7. The third kappa shape index (κ3) is 15.7. The molecule has 2 aliphatic heterocycles. The second kappa shape index (κ2) is 22.6. The van der Waals surface area contributed by atoms with Crippen LogP contribution in [-0.4, -0.2) is 114 Å². The number of nitrogens with zero attached hydrogens (tertiary/aromatic N) is 1. The normalized spacial score (nSPS) is 23.6. The minimum absolute atomic E-state index is 0.00217. The third-order valence-electron chi connectivity index (χ3n) is 11.5. The SMILES string of the molecule is COC(=O)/C=C(/C)CC[C@H](OCOCC[Si](C)(C)C)[C@@H](O)C#C[C@@H](C)CC[C@@H]1C[C@H](O[Si](C)(C)C(C)(C)C)C[C@](OC)([C@H]2CSC(=O)N2Cc2ccc(OC)cc2)O1. The van der Waals surface area contributed by atoms with E-state index in [4.69, 9.17) is 32.8 Å². The summed E-state index contributed by atoms with van der Waals surface area (Å²) in [5, 5.41) is 11.3. The van der Waals surface area contributed by atoms with Crippen molar-refractivity contribution in [1.29, 1.82) is 0 Å². The van der Waals surface area contributed by atoms with Crippen LogP contribution in [0.1, 0.15) is 78.7 Å². The van der Waals surface area contributed by atoms with Crippen LogP contribution in [0.5, 0.6) is 5.75 Å². The van der Waals surface area contributed by atoms with Gasteiger partial charge in [0.05, 0.1) is 38.6 Å². The topological polar surface area (TPSA) is 122 Å². The molecule has 58 heavy (non-hydrogen) atoms. The number of aliphatic hydroxyl groups is 1. The van der Waals surface area contributed by atoms with Gasteiger partial charge in [-0.15, -0.1) is 0 Å². The Hall–Kier alpha value is -2.20. The Kier molecular flexibility index (Phi) is 19.5. The van der Waals surface area contributed by atoms with Crippen LogP contribution < -0.4 is 4.74 Å². The number of esters is 1. The lowest BCUT2D eigenvalue weighted by atomic mass is 9.90. The monoisotopic (exact) mass is 863 g/mol. The predicted molar refractivity (Wildman–Crippen MR) is 237 cm³/mol. The quantitative estimate of drug-likeness (QED) is 0.0318. The van der Waals surface area contributed by atoms with Crippen LogP contribution in [-0.2, 0) is 39.4 Å². The molecular weight excluding hydrogens is 791 g/mol. The van der Waals surface area contributed by atoms with Gasteiger partial charge in [0, 0.05) is 52.5 Å². The molecule has 2 fully saturated rings. The van der Waals surface area contributed by atoms with Crippen molar-refractivity contribution in [1.82, 2.24) is 4.90 Å². The summed E-state index contributed by atoms with van der Waals surface area (Å²) in [6, 6.07) is 8.49. The van der Waals surface area contributed by atoms with Crippen LogP contribution in [0.25, 0.3) is 0 Å². The molecule has 1 aromatic rings. The fraction of sp³-hybridized carbons (Fsp3) is 0.727. The number of rotatable bonds is 21. The lowest BCUT2D eigenvalue weighted by Crippen LogP contribution is -2.61. The van der Waals surface area contributed by atoms with E-state index in [1.54, 1.807) is 14.2 Å². The maximum Gasteiger partial charge on any atom is 0.330 e. The molecule has 0 radical (unpaired) electrons. The molecule has 0 unspecified atom stereocenters. The van der Waals surface area contributed by atoms with Gasteiger partial charge in [0.1, 0.15) is 18.6 Å². The van der Waals surface area contributed by atoms with E-state index in [0.29, 0.717) is 51.0 Å². The Bertz CT molecular complexity index is 1550. The maximum atomic E-state index is 13.4. The largest absolute Gasteiger partial charge is 0.497 e. The smallest absolute Gasteiger partial charge is 0.330 e. The molecule has 0 bridgehead atoms. The molecule has 1 aromatic carbocycles. The highest BCUT2D eigenvalue weighted by atomic mass is 32.2. The van der Waals surface area contributed by atoms with Crippen molar-refractivity contribution in [2.45, 2.75) is 160 Å². The van der Waals surface area contributed by atoms with Gasteiger partial charge in [-0.25, -0.2) is 4.79 Å². The number of thioether (sulfide) groups is 1. The Labute approximate surface area is 355 Å². The summed E-state index contributed by atoms with van der Waals surface area (Å²) in [6.45, 7) is 23.2. The molecule has 0 aliphatic carbocycles. The van der Waals surface area contributed by atoms with Crippen molar-refractivity contribution in [3.05, 3.63) is 41.5 Å². The number of amides is 1. The number of benzene rings is 1. The zero-order valence-electron chi connectivity index (χ0n) is 37.6. The molecule has 7 atom stereocenters. The lowest BCUT2D eigenvalue weighted by Gasteiger charge is -2.50. The molecule has 0 aromatic heterocycles. The van der Waals surface area contributed by atoms with Gasteiger partial charge >= 0.3 is 5.97 Å². The molecule has 328 valence electrons. The fourth-order valence-electron chi connectivity index (χ4n) is 6.77. The van der Waals surface area contributed by atoms with Crippen LogP contribution in [0, 0.1) is 17.8 Å². The van der Waals surface area contributed by atoms with E-state index < -0.39 is 40.4 Å². The van der Waals surface area contributed by atoms with Crippen molar-refractivity contribution in [3.63, 3.8) is 0 Å². The summed E-state index contributed by atoms with van der Waals surface area (Å²) in [5.41, 5.74) is 1.83. The van der Waals surface area contributed by atoms with Gasteiger partial charge in [-0.05, 0) is 80.9 Å². The molecule has 11 nitrogen and oxygen atoms in total. The molecule has 3 rings (SSSR count). The molecule has 14 heteroatoms. The summed E-state index contributed by atoms with van der Waals surface area (Å²) >= 11 is 1.30. The van der Waals surface area contributed by atoms with Crippen molar-refractivity contribution < 1.29 is 47.5 Å². The number of allylic oxidation sites excluding steroid dienone is 1. The Morgan fingerprint density at radius 3 is 2.40 bits per heavy atom. The first-order valence-electron chi connectivity index (χ1n) is 20.7. The molecule has 1 amide bonds. The van der Waals surface area contributed by atoms with Crippen LogP contribution >= 0.6 is 11.8 Å². The van der Waals surface area contributed by atoms with E-state index in [0.717, 1.165) is 29.4 Å². The number of carbonyl (C=O) groups is 2. The van der Waals surface area contributed by atoms with Gasteiger partial charge < -0.3 is 42.9 Å². The van der Waals surface area contributed by atoms with Gasteiger partial charge in [-0.3, -0.25) is 4.79 Å². The van der Waals surface area contributed by atoms with E-state index in [2.05, 4.69) is 72.3 Å². The Morgan fingerprint density at radius 1 is 1.10 bits per heavy atom. The summed E-state index contributed by atoms with van der Waals surface area (Å²) in [5.74, 6) is 6.12. The molecular formula is C44H73NO10SSi2. The fourth-order valence-corrected chi connectivity index (χ4v) is 9.98. The summed E-state index contributed by atoms with van der Waals surface area (Å²) in [4.78, 5) is 27.1. The molecule has 2 aliphatic rings. The summed E-state index contributed by atoms with van der Waals surface area (Å²) < 4.78 is 42.4. The van der Waals surface area contributed by atoms with E-state index >= 15 is 0 Å². The highest BCUT2D eigenvalue weighted by molar-refractivity contribution is 8.13. The number of carbonyl (C=O) groups excluding carboxylic acids is 2. The minimum Gasteiger partial charge on any atom is -0.497 e. The van der Waals surface area contributed by atoms with Crippen molar-refractivity contribution in [2.24, 2.45) is 5.92 Å². The number of aliphatic hydroxyl groups excluding tert-OH is 1. The van der Waals surface area contributed by atoms with Crippen molar-refractivity contribution in [2.75, 3.05) is 40.5 Å². The van der Waals surface area contributed by atoms with Crippen LogP contribution in [0.4, 0.5) is 4.79 Å². The van der Waals surface area contributed by atoms with Gasteiger partial charge in [-0.1, -0.05) is 88.6 Å². The maximum absolute atomic E-state index is 13.4. The summed E-state index contributed by atoms with van der Waals surface area (Å²) in [7, 11) is 1.24. The number of ether oxygens (including phenoxy) is 6. The highest BCUT2D eigenvalue weighted by Crippen LogP contribution is 2.45. The van der Waals surface area contributed by atoms with Crippen molar-refractivity contribution in [3.8, 4) is 17.6 Å². The van der Waals surface area contributed by atoms with Crippen molar-refractivity contribution >= 4 is 39.4 Å². The first-order chi connectivity index (χ1) is 27.1. The predicted octanol–water partition coefficient (Wildman–Crippen LogP) is 9.02. The van der Waals surface area contributed by atoms with E-state index in [1.807, 2.05) is 36.1 Å². The lowest BCUT2D eigenvalue weighted by molar-refractivity contribution is -0.303. The molecule has 0 saturated carbocycles. The minimum atomic E-state index is -2.17. The molecule has 1 N–H and O–H groups in total. The number of hydrogen-bond acceptors (Lipinski definition) is 11. The first-order valence-corrected chi connectivity index (χ1v) is 28.3. The zero-order chi connectivity index (χ0) is 43.3. The highest BCUT2D eigenvalue weighted by Gasteiger charge is 2.55. The van der Waals surface area contributed by atoms with E-state index in [9.17, 15) is 14.7 Å². The van der Waals surface area contributed by atoms with Crippen LogP contribution in [0.3, 0.4) is 0 Å². The average Bonchev–Trinajstić information content (AvgIpc) is 3.52. The Morgan fingerprint density at radius 2 is 1.79 bits per heavy atom. The second-order valence-electron chi connectivity index (χ2n) is 18.6. The second-order valence-corrected chi connectivity index (χ2v) is 29.9. The number of methoxy groups -OCH3 is 3. The molecule has 2 saturated heterocycles. The summed E-state index contributed by atoms with van der Waals surface area (Å²) in [6.07, 6.45) is 3.13. The average molecular weight is 864 g/mol. The standard InChI is InChI=1S/C44H73NO10SSi2/c1-32(15-22-38(46)39(23-16-33(2)26-41(47)50-7)53-31-52-24-25-57(9,10)11)14-19-36-27-37(55-58(12,13)43(3,4)5)28-44(51-8,54-36)40-30-56-42(48)45(40)29-34-17-20-35(49-6)21-18-34/h17-18,20-21,26,32,36-40,46H,14,16,19,23-25,27-31H2,1-13H3/b33-26-/t32-,36+,37-,38-,39-,40+,44+/m0/s1. The van der Waals surface area contributed by atoms with Crippen LogP contribution in [0.15, 0.2) is 35.9 Å². The number of hydrogen-bond donors (Lipinski definition) is 1. The first kappa shape index (κ1) is 50.2. The van der Waals surface area contributed by atoms with Gasteiger partial charge in [-0.2, -0.15) is 0 Å². The van der Waals surface area contributed by atoms with Gasteiger partial charge in [0.15, 0.2) is 14.1 Å². The zero-order valence-corrected chi connectivity index (χ0v) is 40.4. The van der Waals surface area contributed by atoms with E-state index in [1.165, 1.54) is 24.9 Å². The van der Waals surface area contributed by atoms with Gasteiger partial charge in [0.25, 0.3) is 5.24 Å². The van der Waals surface area contributed by atoms with Crippen LogP contribution in [0.2, 0.25) is 43.8 Å². The molecule has 0 spiro atoms. The van der Waals surface area contributed by atoms with E-state index in [-0.39, 0.29) is 41.2 Å². The molecule has 2 heterocycles. The van der Waals surface area contributed by atoms with Gasteiger partial charge in [0.2, 0.25) is 0 Å².